The topological polar surface area (TPSA) is 3.24 Å². The molecule has 0 heterocycles. The summed E-state index contributed by atoms with van der Waals surface area (Å²) >= 11 is 13.7. The Labute approximate surface area is 294 Å². The summed E-state index contributed by atoms with van der Waals surface area (Å²) in [7, 11) is 0. The molecule has 3 heteroatoms. The molecule has 1 nitrogen and oxygen atoms in total. The normalized spacial score (nSPS) is 12.2. The predicted molar refractivity (Wildman–Crippen MR) is 211 cm³/mol. The third-order valence-corrected chi connectivity index (χ3v) is 10.9. The predicted octanol–water partition coefficient (Wildman–Crippen LogP) is 14.6. The van der Waals surface area contributed by atoms with Crippen molar-refractivity contribution in [2.75, 3.05) is 4.90 Å². The van der Waals surface area contributed by atoms with Gasteiger partial charge in [-0.05, 0) is 109 Å². The SMILES string of the molecule is CCC(C)(C)c1ccc(N(c2ccc(C(C)(C)C)cc2-c2ccc3c4ccccc4c4ccccc4c3c2)c2cccc(Cl)c2Cl)cc1. The Kier molecular flexibility index (Phi) is 8.26. The zero-order chi connectivity index (χ0) is 33.8. The van der Waals surface area contributed by atoms with E-state index in [0.717, 1.165) is 34.6 Å². The maximum Gasteiger partial charge on any atom is 0.0832 e. The first-order chi connectivity index (χ1) is 23.0. The first-order valence-corrected chi connectivity index (χ1v) is 17.6. The summed E-state index contributed by atoms with van der Waals surface area (Å²) in [6.45, 7) is 13.6. The first-order valence-electron chi connectivity index (χ1n) is 16.8. The maximum atomic E-state index is 7.04. The highest BCUT2D eigenvalue weighted by atomic mass is 35.5. The van der Waals surface area contributed by atoms with Gasteiger partial charge in [-0.15, -0.1) is 0 Å². The van der Waals surface area contributed by atoms with E-state index in [1.165, 1.54) is 43.4 Å². The molecular weight excluding hydrogens is 625 g/mol. The second-order valence-electron chi connectivity index (χ2n) is 14.5. The minimum absolute atomic E-state index is 0.0427. The van der Waals surface area contributed by atoms with Crippen molar-refractivity contribution in [1.82, 2.24) is 0 Å². The fourth-order valence-corrected chi connectivity index (χ4v) is 7.22. The van der Waals surface area contributed by atoms with E-state index < -0.39 is 0 Å². The van der Waals surface area contributed by atoms with Gasteiger partial charge in [-0.2, -0.15) is 0 Å². The molecule has 7 rings (SSSR count). The van der Waals surface area contributed by atoms with E-state index in [2.05, 4.69) is 162 Å². The third kappa shape index (κ3) is 5.64. The van der Waals surface area contributed by atoms with Crippen molar-refractivity contribution in [3.05, 3.63) is 149 Å². The molecule has 0 N–H and O–H groups in total. The van der Waals surface area contributed by atoms with E-state index in [4.69, 9.17) is 23.2 Å². The van der Waals surface area contributed by atoms with Crippen LogP contribution in [-0.2, 0) is 10.8 Å². The second-order valence-corrected chi connectivity index (χ2v) is 15.3. The molecule has 48 heavy (non-hydrogen) atoms. The molecule has 0 bridgehead atoms. The molecule has 240 valence electrons. The van der Waals surface area contributed by atoms with Crippen molar-refractivity contribution < 1.29 is 0 Å². The summed E-state index contributed by atoms with van der Waals surface area (Å²) in [5.41, 5.74) is 7.80. The summed E-state index contributed by atoms with van der Waals surface area (Å²) in [6.07, 6.45) is 1.06. The summed E-state index contributed by atoms with van der Waals surface area (Å²) < 4.78 is 0. The van der Waals surface area contributed by atoms with Gasteiger partial charge in [-0.1, -0.05) is 150 Å². The Bertz CT molecular complexity index is 2270. The van der Waals surface area contributed by atoms with E-state index >= 15 is 0 Å². The Morgan fingerprint density at radius 2 is 1.08 bits per heavy atom. The maximum absolute atomic E-state index is 7.04. The zero-order valence-electron chi connectivity index (χ0n) is 28.5. The number of nitrogens with zero attached hydrogens (tertiary/aromatic N) is 1. The van der Waals surface area contributed by atoms with E-state index in [1.807, 2.05) is 12.1 Å². The fourth-order valence-electron chi connectivity index (χ4n) is 6.84. The van der Waals surface area contributed by atoms with Gasteiger partial charge in [0.25, 0.3) is 0 Å². The number of fused-ring (bicyclic) bond motifs is 6. The van der Waals surface area contributed by atoms with E-state index in [1.54, 1.807) is 0 Å². The van der Waals surface area contributed by atoms with Crippen molar-refractivity contribution in [3.63, 3.8) is 0 Å². The Hall–Kier alpha value is -4.30. The van der Waals surface area contributed by atoms with Crippen LogP contribution < -0.4 is 4.90 Å². The van der Waals surface area contributed by atoms with E-state index in [-0.39, 0.29) is 10.8 Å². The molecule has 0 atom stereocenters. The molecule has 0 unspecified atom stereocenters. The van der Waals surface area contributed by atoms with Gasteiger partial charge in [-0.3, -0.25) is 0 Å². The summed E-state index contributed by atoms with van der Waals surface area (Å²) in [6, 6.07) is 46.1. The molecule has 7 aromatic carbocycles. The van der Waals surface area contributed by atoms with Gasteiger partial charge in [0.05, 0.1) is 21.4 Å². The molecule has 0 aliphatic carbocycles. The Balaban J connectivity index is 1.53. The lowest BCUT2D eigenvalue weighted by atomic mass is 9.82. The van der Waals surface area contributed by atoms with Crippen LogP contribution in [0.1, 0.15) is 59.1 Å². The van der Waals surface area contributed by atoms with Crippen LogP contribution in [0.3, 0.4) is 0 Å². The lowest BCUT2D eigenvalue weighted by molar-refractivity contribution is 0.506. The molecule has 0 amide bonds. The van der Waals surface area contributed by atoms with Gasteiger partial charge < -0.3 is 4.90 Å². The summed E-state index contributed by atoms with van der Waals surface area (Å²) in [4.78, 5) is 2.27. The minimum Gasteiger partial charge on any atom is -0.308 e. The monoisotopic (exact) mass is 665 g/mol. The van der Waals surface area contributed by atoms with Crippen molar-refractivity contribution in [2.45, 2.75) is 58.8 Å². The first kappa shape index (κ1) is 32.3. The average molecular weight is 667 g/mol. The number of halogens is 2. The number of rotatable bonds is 6. The van der Waals surface area contributed by atoms with Crippen LogP contribution in [0.25, 0.3) is 43.4 Å². The smallest absolute Gasteiger partial charge is 0.0832 e. The number of benzene rings is 7. The van der Waals surface area contributed by atoms with Crippen LogP contribution in [0.4, 0.5) is 17.1 Å². The zero-order valence-corrected chi connectivity index (χ0v) is 30.0. The minimum atomic E-state index is -0.0427. The average Bonchev–Trinajstić information content (AvgIpc) is 3.10. The van der Waals surface area contributed by atoms with Gasteiger partial charge >= 0.3 is 0 Å². The van der Waals surface area contributed by atoms with Gasteiger partial charge in [0, 0.05) is 11.3 Å². The molecule has 0 saturated carbocycles. The molecule has 0 aliphatic rings. The molecule has 0 radical (unpaired) electrons. The molecule has 0 aromatic heterocycles. The van der Waals surface area contributed by atoms with Crippen LogP contribution in [-0.4, -0.2) is 0 Å². The fraction of sp³-hybridized carbons (Fsp3) is 0.200. The van der Waals surface area contributed by atoms with Crippen molar-refractivity contribution in [1.29, 1.82) is 0 Å². The highest BCUT2D eigenvalue weighted by molar-refractivity contribution is 6.44. The second kappa shape index (κ2) is 12.3. The lowest BCUT2D eigenvalue weighted by Crippen LogP contribution is -2.17. The third-order valence-electron chi connectivity index (χ3n) is 10.1. The van der Waals surface area contributed by atoms with E-state index in [0.29, 0.717) is 10.0 Å². The van der Waals surface area contributed by atoms with Gasteiger partial charge in [0.2, 0.25) is 0 Å². The molecule has 7 aromatic rings. The number of hydrogen-bond donors (Lipinski definition) is 0. The quantitative estimate of drug-likeness (QED) is 0.160. The number of anilines is 3. The van der Waals surface area contributed by atoms with Crippen LogP contribution >= 0.6 is 23.2 Å². The largest absolute Gasteiger partial charge is 0.308 e. The Morgan fingerprint density at radius 3 is 1.67 bits per heavy atom. The summed E-state index contributed by atoms with van der Waals surface area (Å²) in [5.74, 6) is 0. The number of hydrogen-bond acceptors (Lipinski definition) is 1. The highest BCUT2D eigenvalue weighted by Crippen LogP contribution is 2.47. The van der Waals surface area contributed by atoms with Crippen LogP contribution in [0.5, 0.6) is 0 Å². The summed E-state index contributed by atoms with van der Waals surface area (Å²) in [5, 5.41) is 8.62. The standard InChI is InChI=1S/C45H41Cl2N/c1-7-45(5,6)30-20-23-32(24-21-30)48(42-18-12-17-40(46)43(42)47)41-26-22-31(44(2,3)4)28-38(41)29-19-25-37-35-15-9-8-13-33(35)34-14-10-11-16-36(34)39(37)27-29/h8-28H,7H2,1-6H3. The molecule has 0 spiro atoms. The van der Waals surface area contributed by atoms with Crippen molar-refractivity contribution in [2.24, 2.45) is 0 Å². The van der Waals surface area contributed by atoms with E-state index in [9.17, 15) is 0 Å². The van der Waals surface area contributed by atoms with Crippen molar-refractivity contribution in [3.8, 4) is 11.1 Å². The van der Waals surface area contributed by atoms with Gasteiger partial charge in [0.1, 0.15) is 0 Å². The van der Waals surface area contributed by atoms with Crippen LogP contribution in [0, 0.1) is 0 Å². The molecule has 0 aliphatic heterocycles. The highest BCUT2D eigenvalue weighted by Gasteiger charge is 2.25. The van der Waals surface area contributed by atoms with Crippen molar-refractivity contribution >= 4 is 72.6 Å². The Morgan fingerprint density at radius 1 is 0.521 bits per heavy atom. The molecule has 0 saturated heterocycles. The molecule has 0 fully saturated rings. The van der Waals surface area contributed by atoms with Crippen LogP contribution in [0.2, 0.25) is 10.0 Å². The molecular formula is C45H41Cl2N. The lowest BCUT2D eigenvalue weighted by Gasteiger charge is -2.31. The van der Waals surface area contributed by atoms with Gasteiger partial charge in [-0.25, -0.2) is 0 Å². The van der Waals surface area contributed by atoms with Gasteiger partial charge in [0.15, 0.2) is 0 Å². The van der Waals surface area contributed by atoms with Crippen LogP contribution in [0.15, 0.2) is 127 Å².